The van der Waals surface area contributed by atoms with Gasteiger partial charge in [0.05, 0.1) is 12.7 Å². The van der Waals surface area contributed by atoms with E-state index < -0.39 is 0 Å². The fourth-order valence-electron chi connectivity index (χ4n) is 2.85. The van der Waals surface area contributed by atoms with Crippen molar-refractivity contribution in [3.05, 3.63) is 53.1 Å². The highest BCUT2D eigenvalue weighted by molar-refractivity contribution is 6.31. The zero-order valence-electron chi connectivity index (χ0n) is 13.4. The molecule has 6 heteroatoms. The van der Waals surface area contributed by atoms with Gasteiger partial charge in [0.25, 0.3) is 5.91 Å². The lowest BCUT2D eigenvalue weighted by atomic mass is 10.1. The summed E-state index contributed by atoms with van der Waals surface area (Å²) in [7, 11) is 1.54. The molecule has 2 aromatic rings. The van der Waals surface area contributed by atoms with Crippen molar-refractivity contribution in [2.75, 3.05) is 38.2 Å². The Hall–Kier alpha value is -2.40. The first-order valence-electron chi connectivity index (χ1n) is 7.75. The van der Waals surface area contributed by atoms with Crippen LogP contribution in [0.4, 0.5) is 5.69 Å². The number of amides is 1. The van der Waals surface area contributed by atoms with E-state index >= 15 is 0 Å². The molecular formula is C18H19ClN2O3. The Balaban J connectivity index is 1.69. The third-order valence-corrected chi connectivity index (χ3v) is 4.41. The second-order valence-electron chi connectivity index (χ2n) is 5.64. The van der Waals surface area contributed by atoms with Gasteiger partial charge in [-0.05, 0) is 42.5 Å². The highest BCUT2D eigenvalue weighted by Gasteiger charge is 2.24. The lowest BCUT2D eigenvalue weighted by Gasteiger charge is -2.36. The number of piperazine rings is 1. The SMILES string of the molecule is COc1ccc(Cl)cc1C(=O)N1CCN(c2ccc(O)cc2)CC1. The van der Waals surface area contributed by atoms with Gasteiger partial charge in [-0.15, -0.1) is 0 Å². The number of carbonyl (C=O) groups is 1. The molecule has 0 aromatic heterocycles. The molecule has 0 saturated carbocycles. The van der Waals surface area contributed by atoms with Crippen molar-refractivity contribution in [1.82, 2.24) is 4.90 Å². The monoisotopic (exact) mass is 346 g/mol. The quantitative estimate of drug-likeness (QED) is 0.928. The number of hydrogen-bond acceptors (Lipinski definition) is 4. The summed E-state index contributed by atoms with van der Waals surface area (Å²) in [6, 6.07) is 12.2. The summed E-state index contributed by atoms with van der Waals surface area (Å²) < 4.78 is 5.27. The number of halogens is 1. The van der Waals surface area contributed by atoms with E-state index in [2.05, 4.69) is 4.90 Å². The number of anilines is 1. The van der Waals surface area contributed by atoms with Crippen molar-refractivity contribution in [2.24, 2.45) is 0 Å². The molecule has 1 amide bonds. The second-order valence-corrected chi connectivity index (χ2v) is 6.08. The lowest BCUT2D eigenvalue weighted by molar-refractivity contribution is 0.0743. The van der Waals surface area contributed by atoms with Crippen LogP contribution >= 0.6 is 11.6 Å². The molecule has 0 radical (unpaired) electrons. The van der Waals surface area contributed by atoms with Crippen molar-refractivity contribution in [1.29, 1.82) is 0 Å². The zero-order valence-corrected chi connectivity index (χ0v) is 14.2. The predicted octanol–water partition coefficient (Wildman–Crippen LogP) is 3.02. The van der Waals surface area contributed by atoms with Crippen LogP contribution in [0.5, 0.6) is 11.5 Å². The van der Waals surface area contributed by atoms with Gasteiger partial charge >= 0.3 is 0 Å². The first kappa shape index (κ1) is 16.5. The van der Waals surface area contributed by atoms with E-state index in [1.807, 2.05) is 17.0 Å². The number of hydrogen-bond donors (Lipinski definition) is 1. The molecule has 24 heavy (non-hydrogen) atoms. The smallest absolute Gasteiger partial charge is 0.257 e. The lowest BCUT2D eigenvalue weighted by Crippen LogP contribution is -2.48. The van der Waals surface area contributed by atoms with E-state index in [9.17, 15) is 9.90 Å². The molecule has 1 saturated heterocycles. The molecule has 0 bridgehead atoms. The largest absolute Gasteiger partial charge is 0.508 e. The van der Waals surface area contributed by atoms with Gasteiger partial charge in [-0.3, -0.25) is 4.79 Å². The molecule has 126 valence electrons. The van der Waals surface area contributed by atoms with E-state index in [1.54, 1.807) is 37.4 Å². The van der Waals surface area contributed by atoms with Gasteiger partial charge in [-0.25, -0.2) is 0 Å². The Kier molecular flexibility index (Phi) is 4.81. The number of benzene rings is 2. The molecule has 5 nitrogen and oxygen atoms in total. The standard InChI is InChI=1S/C18H19ClN2O3/c1-24-17-7-2-13(19)12-16(17)18(23)21-10-8-20(9-11-21)14-3-5-15(22)6-4-14/h2-7,12,22H,8-11H2,1H3. The Morgan fingerprint density at radius 1 is 1.08 bits per heavy atom. The minimum absolute atomic E-state index is 0.0697. The Labute approximate surface area is 146 Å². The molecule has 2 aromatic carbocycles. The molecule has 1 N–H and O–H groups in total. The van der Waals surface area contributed by atoms with Crippen molar-refractivity contribution in [3.8, 4) is 11.5 Å². The van der Waals surface area contributed by atoms with Gasteiger partial charge in [-0.2, -0.15) is 0 Å². The topological polar surface area (TPSA) is 53.0 Å². The van der Waals surface area contributed by atoms with Gasteiger partial charge in [0, 0.05) is 36.9 Å². The molecular weight excluding hydrogens is 328 g/mol. The van der Waals surface area contributed by atoms with Crippen LogP contribution in [-0.2, 0) is 0 Å². The predicted molar refractivity (Wildman–Crippen MR) is 94.2 cm³/mol. The minimum atomic E-state index is -0.0697. The van der Waals surface area contributed by atoms with Crippen molar-refractivity contribution >= 4 is 23.2 Å². The van der Waals surface area contributed by atoms with E-state index in [1.165, 1.54) is 0 Å². The van der Waals surface area contributed by atoms with Crippen LogP contribution < -0.4 is 9.64 Å². The average molecular weight is 347 g/mol. The number of ether oxygens (including phenoxy) is 1. The van der Waals surface area contributed by atoms with Crippen LogP contribution in [0.1, 0.15) is 10.4 Å². The van der Waals surface area contributed by atoms with Crippen LogP contribution in [-0.4, -0.2) is 49.2 Å². The van der Waals surface area contributed by atoms with E-state index in [0.717, 1.165) is 18.8 Å². The van der Waals surface area contributed by atoms with Crippen LogP contribution in [0.15, 0.2) is 42.5 Å². The molecule has 1 aliphatic heterocycles. The van der Waals surface area contributed by atoms with Gasteiger partial charge < -0.3 is 19.6 Å². The number of aromatic hydroxyl groups is 1. The number of methoxy groups -OCH3 is 1. The summed E-state index contributed by atoms with van der Waals surface area (Å²) in [6.45, 7) is 2.71. The first-order valence-corrected chi connectivity index (χ1v) is 8.13. The van der Waals surface area contributed by atoms with Gasteiger partial charge in [-0.1, -0.05) is 11.6 Å². The van der Waals surface area contributed by atoms with Gasteiger partial charge in [0.2, 0.25) is 0 Å². The number of rotatable bonds is 3. The van der Waals surface area contributed by atoms with Crippen molar-refractivity contribution < 1.29 is 14.6 Å². The van der Waals surface area contributed by atoms with Gasteiger partial charge in [0.15, 0.2) is 0 Å². The van der Waals surface area contributed by atoms with Crippen molar-refractivity contribution in [2.45, 2.75) is 0 Å². The summed E-state index contributed by atoms with van der Waals surface area (Å²) >= 11 is 6.02. The maximum absolute atomic E-state index is 12.8. The molecule has 0 aliphatic carbocycles. The van der Waals surface area contributed by atoms with Crippen LogP contribution in [0.3, 0.4) is 0 Å². The Morgan fingerprint density at radius 3 is 2.38 bits per heavy atom. The number of phenolic OH excluding ortho intramolecular Hbond substituents is 1. The molecule has 1 aliphatic rings. The molecule has 1 heterocycles. The van der Waals surface area contributed by atoms with E-state index in [-0.39, 0.29) is 11.7 Å². The number of phenols is 1. The fourth-order valence-corrected chi connectivity index (χ4v) is 3.02. The minimum Gasteiger partial charge on any atom is -0.508 e. The second kappa shape index (κ2) is 7.01. The average Bonchev–Trinajstić information content (AvgIpc) is 2.62. The summed E-state index contributed by atoms with van der Waals surface area (Å²) in [5.74, 6) is 0.714. The molecule has 0 atom stereocenters. The summed E-state index contributed by atoms with van der Waals surface area (Å²) in [6.07, 6.45) is 0. The third kappa shape index (κ3) is 3.41. The van der Waals surface area contributed by atoms with Crippen LogP contribution in [0.2, 0.25) is 5.02 Å². The molecule has 0 spiro atoms. The zero-order chi connectivity index (χ0) is 17.1. The molecule has 0 unspecified atom stereocenters. The molecule has 1 fully saturated rings. The highest BCUT2D eigenvalue weighted by atomic mass is 35.5. The van der Waals surface area contributed by atoms with Crippen LogP contribution in [0.25, 0.3) is 0 Å². The Bertz CT molecular complexity index is 726. The Morgan fingerprint density at radius 2 is 1.75 bits per heavy atom. The highest BCUT2D eigenvalue weighted by Crippen LogP contribution is 2.25. The van der Waals surface area contributed by atoms with Gasteiger partial charge in [0.1, 0.15) is 11.5 Å². The van der Waals surface area contributed by atoms with E-state index in [0.29, 0.717) is 29.4 Å². The third-order valence-electron chi connectivity index (χ3n) is 4.17. The number of nitrogens with zero attached hydrogens (tertiary/aromatic N) is 2. The summed E-state index contributed by atoms with van der Waals surface area (Å²) in [4.78, 5) is 16.8. The molecule has 3 rings (SSSR count). The van der Waals surface area contributed by atoms with Crippen molar-refractivity contribution in [3.63, 3.8) is 0 Å². The van der Waals surface area contributed by atoms with E-state index in [4.69, 9.17) is 16.3 Å². The summed E-state index contributed by atoms with van der Waals surface area (Å²) in [5.41, 5.74) is 1.53. The maximum Gasteiger partial charge on any atom is 0.257 e. The normalized spacial score (nSPS) is 14.6. The maximum atomic E-state index is 12.8. The fraction of sp³-hybridized carbons (Fsp3) is 0.278. The first-order chi connectivity index (χ1) is 11.6. The van der Waals surface area contributed by atoms with Crippen LogP contribution in [0, 0.1) is 0 Å². The number of carbonyl (C=O) groups excluding carboxylic acids is 1. The summed E-state index contributed by atoms with van der Waals surface area (Å²) in [5, 5.41) is 9.89.